The van der Waals surface area contributed by atoms with E-state index < -0.39 is 0 Å². The van der Waals surface area contributed by atoms with Crippen molar-refractivity contribution in [2.75, 3.05) is 26.2 Å². The number of furan rings is 1. The van der Waals surface area contributed by atoms with Gasteiger partial charge in [-0.2, -0.15) is 0 Å². The van der Waals surface area contributed by atoms with Crippen molar-refractivity contribution in [3.05, 3.63) is 45.0 Å². The molecule has 7 heteroatoms. The number of hydrogen-bond donors (Lipinski definition) is 0. The maximum absolute atomic E-state index is 12.3. The van der Waals surface area contributed by atoms with Gasteiger partial charge in [0.05, 0.1) is 21.2 Å². The summed E-state index contributed by atoms with van der Waals surface area (Å²) in [5.74, 6) is -0.0264. The molecule has 0 radical (unpaired) electrons. The highest BCUT2D eigenvalue weighted by Gasteiger charge is 2.26. The normalized spacial score (nSPS) is 15.3. The first-order valence-corrected chi connectivity index (χ1v) is 8.17. The minimum atomic E-state index is -0.0471. The Kier molecular flexibility index (Phi) is 4.12. The molecule has 3 rings (SSSR count). The molecule has 2 aromatic rings. The second-order valence-electron chi connectivity index (χ2n) is 4.74. The van der Waals surface area contributed by atoms with Crippen molar-refractivity contribution in [3.63, 3.8) is 0 Å². The van der Waals surface area contributed by atoms with Gasteiger partial charge in [-0.25, -0.2) is 0 Å². The number of thiophene rings is 1. The predicted molar refractivity (Wildman–Crippen MR) is 82.5 cm³/mol. The quantitative estimate of drug-likeness (QED) is 0.818. The van der Waals surface area contributed by atoms with Crippen LogP contribution < -0.4 is 0 Å². The maximum Gasteiger partial charge on any atom is 0.257 e. The molecule has 1 saturated heterocycles. The molecular formula is C14H13BrN2O3S. The van der Waals surface area contributed by atoms with E-state index in [1.165, 1.54) is 23.9 Å². The predicted octanol–water partition coefficient (Wildman–Crippen LogP) is 2.70. The van der Waals surface area contributed by atoms with Gasteiger partial charge in [-0.05, 0) is 28.1 Å². The van der Waals surface area contributed by atoms with Crippen molar-refractivity contribution in [3.8, 4) is 0 Å². The second-order valence-corrected chi connectivity index (χ2v) is 7.03. The molecular weight excluding hydrogens is 356 g/mol. The second kappa shape index (κ2) is 6.03. The summed E-state index contributed by atoms with van der Waals surface area (Å²) in [6.07, 6.45) is 2.93. The van der Waals surface area contributed by atoms with E-state index in [-0.39, 0.29) is 11.8 Å². The Morgan fingerprint density at radius 2 is 1.71 bits per heavy atom. The summed E-state index contributed by atoms with van der Waals surface area (Å²) in [4.78, 5) is 28.0. The lowest BCUT2D eigenvalue weighted by Gasteiger charge is -2.34. The fourth-order valence-electron chi connectivity index (χ4n) is 2.29. The third kappa shape index (κ3) is 3.03. The molecule has 1 aliphatic rings. The standard InChI is InChI=1S/C14H13BrN2O3S/c15-12-7-11(9-21-12)14(19)17-4-2-16(3-5-17)13(18)10-1-6-20-8-10/h1,6-9H,2-5H2. The van der Waals surface area contributed by atoms with Crippen molar-refractivity contribution in [2.45, 2.75) is 0 Å². The van der Waals surface area contributed by atoms with Crippen molar-refractivity contribution < 1.29 is 14.0 Å². The molecule has 0 unspecified atom stereocenters. The summed E-state index contributed by atoms with van der Waals surface area (Å²) in [7, 11) is 0. The Balaban J connectivity index is 1.60. The molecule has 21 heavy (non-hydrogen) atoms. The van der Waals surface area contributed by atoms with Gasteiger partial charge in [0.25, 0.3) is 11.8 Å². The number of amides is 2. The highest BCUT2D eigenvalue weighted by molar-refractivity contribution is 9.11. The summed E-state index contributed by atoms with van der Waals surface area (Å²) in [5.41, 5.74) is 1.25. The fourth-order valence-corrected chi connectivity index (χ4v) is 3.42. The highest BCUT2D eigenvalue weighted by atomic mass is 79.9. The monoisotopic (exact) mass is 368 g/mol. The van der Waals surface area contributed by atoms with E-state index >= 15 is 0 Å². The van der Waals surface area contributed by atoms with Gasteiger partial charge in [0.1, 0.15) is 6.26 Å². The third-order valence-corrected chi connectivity index (χ3v) is 4.94. The Bertz CT molecular complexity index is 645. The molecule has 1 fully saturated rings. The van der Waals surface area contributed by atoms with Gasteiger partial charge in [-0.1, -0.05) is 0 Å². The zero-order valence-corrected chi connectivity index (χ0v) is 13.5. The van der Waals surface area contributed by atoms with Gasteiger partial charge in [-0.15, -0.1) is 11.3 Å². The molecule has 0 aliphatic carbocycles. The molecule has 5 nitrogen and oxygen atoms in total. The Labute approximate surface area is 134 Å². The molecule has 0 aromatic carbocycles. The number of rotatable bonds is 2. The number of hydrogen-bond acceptors (Lipinski definition) is 4. The van der Waals surface area contributed by atoms with Crippen LogP contribution in [0.2, 0.25) is 0 Å². The Morgan fingerprint density at radius 3 is 2.19 bits per heavy atom. The van der Waals surface area contributed by atoms with Crippen LogP contribution in [0.15, 0.2) is 38.2 Å². The lowest BCUT2D eigenvalue weighted by atomic mass is 10.2. The van der Waals surface area contributed by atoms with Crippen LogP contribution in [0.5, 0.6) is 0 Å². The average molecular weight is 369 g/mol. The maximum atomic E-state index is 12.3. The summed E-state index contributed by atoms with van der Waals surface area (Å²) < 4.78 is 5.87. The van der Waals surface area contributed by atoms with Crippen molar-refractivity contribution in [2.24, 2.45) is 0 Å². The van der Waals surface area contributed by atoms with Crippen LogP contribution in [0, 0.1) is 0 Å². The smallest absolute Gasteiger partial charge is 0.257 e. The zero-order valence-electron chi connectivity index (χ0n) is 11.1. The number of piperazine rings is 1. The molecule has 0 saturated carbocycles. The van der Waals surface area contributed by atoms with E-state index in [1.807, 2.05) is 11.4 Å². The van der Waals surface area contributed by atoms with Crippen LogP contribution in [-0.4, -0.2) is 47.8 Å². The molecule has 0 atom stereocenters. The molecule has 2 aromatic heterocycles. The van der Waals surface area contributed by atoms with Crippen molar-refractivity contribution >= 4 is 39.1 Å². The molecule has 3 heterocycles. The number of carbonyl (C=O) groups excluding carboxylic acids is 2. The topological polar surface area (TPSA) is 53.8 Å². The fraction of sp³-hybridized carbons (Fsp3) is 0.286. The van der Waals surface area contributed by atoms with E-state index in [4.69, 9.17) is 4.42 Å². The molecule has 0 bridgehead atoms. The van der Waals surface area contributed by atoms with E-state index in [0.717, 1.165) is 3.79 Å². The molecule has 0 N–H and O–H groups in total. The number of carbonyl (C=O) groups is 2. The van der Waals surface area contributed by atoms with E-state index in [9.17, 15) is 9.59 Å². The van der Waals surface area contributed by atoms with Crippen molar-refractivity contribution in [1.29, 1.82) is 0 Å². The van der Waals surface area contributed by atoms with Gasteiger partial charge in [0.15, 0.2) is 0 Å². The van der Waals surface area contributed by atoms with E-state index in [2.05, 4.69) is 15.9 Å². The first-order valence-electron chi connectivity index (χ1n) is 6.50. The lowest BCUT2D eigenvalue weighted by molar-refractivity contribution is 0.0535. The highest BCUT2D eigenvalue weighted by Crippen LogP contribution is 2.22. The molecule has 1 aliphatic heterocycles. The van der Waals surface area contributed by atoms with Crippen LogP contribution in [0.1, 0.15) is 20.7 Å². The average Bonchev–Trinajstić information content (AvgIpc) is 3.17. The van der Waals surface area contributed by atoms with Gasteiger partial charge in [0.2, 0.25) is 0 Å². The summed E-state index contributed by atoms with van der Waals surface area (Å²) in [5, 5.41) is 1.84. The van der Waals surface area contributed by atoms with E-state index in [1.54, 1.807) is 15.9 Å². The Morgan fingerprint density at radius 1 is 1.10 bits per heavy atom. The minimum absolute atomic E-state index is 0.0207. The van der Waals surface area contributed by atoms with Gasteiger partial charge in [0, 0.05) is 31.6 Å². The van der Waals surface area contributed by atoms with Crippen LogP contribution in [-0.2, 0) is 0 Å². The van der Waals surface area contributed by atoms with Crippen molar-refractivity contribution in [1.82, 2.24) is 9.80 Å². The van der Waals surface area contributed by atoms with E-state index in [0.29, 0.717) is 37.3 Å². The van der Waals surface area contributed by atoms with Crippen LogP contribution in [0.25, 0.3) is 0 Å². The summed E-state index contributed by atoms with van der Waals surface area (Å²) in [6, 6.07) is 3.48. The van der Waals surface area contributed by atoms with Crippen LogP contribution in [0.4, 0.5) is 0 Å². The molecule has 2 amide bonds. The number of halogens is 1. The minimum Gasteiger partial charge on any atom is -0.472 e. The van der Waals surface area contributed by atoms with Gasteiger partial charge < -0.3 is 14.2 Å². The SMILES string of the molecule is O=C(c1ccoc1)N1CCN(C(=O)c2csc(Br)c2)CC1. The van der Waals surface area contributed by atoms with Crippen LogP contribution >= 0.6 is 27.3 Å². The van der Waals surface area contributed by atoms with Gasteiger partial charge >= 0.3 is 0 Å². The molecule has 0 spiro atoms. The zero-order chi connectivity index (χ0) is 14.8. The first kappa shape index (κ1) is 14.3. The summed E-state index contributed by atoms with van der Waals surface area (Å²) >= 11 is 4.86. The Hall–Kier alpha value is -1.60. The summed E-state index contributed by atoms with van der Waals surface area (Å²) in [6.45, 7) is 2.19. The van der Waals surface area contributed by atoms with Gasteiger partial charge in [-0.3, -0.25) is 9.59 Å². The largest absolute Gasteiger partial charge is 0.472 e. The molecule has 110 valence electrons. The number of nitrogens with zero attached hydrogens (tertiary/aromatic N) is 2. The first-order chi connectivity index (χ1) is 10.1. The van der Waals surface area contributed by atoms with Crippen LogP contribution in [0.3, 0.4) is 0 Å². The third-order valence-electron chi connectivity index (χ3n) is 3.44. The lowest BCUT2D eigenvalue weighted by Crippen LogP contribution is -2.50.